The largest absolute Gasteiger partial charge is 0.435 e. The summed E-state index contributed by atoms with van der Waals surface area (Å²) in [5.41, 5.74) is 12.5. The average Bonchev–Trinajstić information content (AvgIpc) is 2.72. The first-order valence-corrected chi connectivity index (χ1v) is 8.96. The third-order valence-corrected chi connectivity index (χ3v) is 4.20. The Bertz CT molecular complexity index is 1160. The van der Waals surface area contributed by atoms with Gasteiger partial charge in [0.15, 0.2) is 5.82 Å². The number of hydrogen-bond donors (Lipinski definition) is 2. The van der Waals surface area contributed by atoms with Gasteiger partial charge >= 0.3 is 6.01 Å². The van der Waals surface area contributed by atoms with Gasteiger partial charge in [-0.15, -0.1) is 0 Å². The highest BCUT2D eigenvalue weighted by Gasteiger charge is 2.16. The van der Waals surface area contributed by atoms with Crippen molar-refractivity contribution in [2.24, 2.45) is 0 Å². The lowest BCUT2D eigenvalue weighted by Gasteiger charge is -2.13. The normalized spacial score (nSPS) is 10.2. The van der Waals surface area contributed by atoms with Crippen LogP contribution in [0.2, 0.25) is 5.02 Å². The molecular weight excluding hydrogens is 408 g/mol. The minimum atomic E-state index is -0.186. The average molecular weight is 425 g/mol. The van der Waals surface area contributed by atoms with E-state index < -0.39 is 0 Å². The van der Waals surface area contributed by atoms with Crippen molar-refractivity contribution in [3.05, 3.63) is 58.6 Å². The van der Waals surface area contributed by atoms with Gasteiger partial charge in [0.05, 0.1) is 16.7 Å². The molecule has 30 heavy (non-hydrogen) atoms. The Morgan fingerprint density at radius 3 is 2.60 bits per heavy atom. The molecule has 3 aromatic rings. The Morgan fingerprint density at radius 2 is 1.90 bits per heavy atom. The van der Waals surface area contributed by atoms with Crippen molar-refractivity contribution in [1.29, 1.82) is 5.26 Å². The summed E-state index contributed by atoms with van der Waals surface area (Å²) in [6.07, 6.45) is 0. The Hall–Kier alpha value is -4.03. The molecule has 1 amide bonds. The number of benzene rings is 2. The summed E-state index contributed by atoms with van der Waals surface area (Å²) in [6, 6.07) is 12.9. The van der Waals surface area contributed by atoms with Gasteiger partial charge in [0.2, 0.25) is 0 Å². The summed E-state index contributed by atoms with van der Waals surface area (Å²) >= 11 is 6.12. The van der Waals surface area contributed by atoms with E-state index in [1.165, 1.54) is 17.0 Å². The standard InChI is InChI=1S/C20H17ClN6O3/c1-27(2)19(28)12-4-3-5-13(9-12)29-20-25-17(24)16(23)18(26-20)30-15-8-11(10-22)6-7-14(15)21/h3-9H,23H2,1-2H3,(H2,24,25,26). The first-order chi connectivity index (χ1) is 14.3. The Kier molecular flexibility index (Phi) is 5.90. The second kappa shape index (κ2) is 8.55. The number of rotatable bonds is 5. The minimum absolute atomic E-state index is 0.0164. The van der Waals surface area contributed by atoms with Crippen molar-refractivity contribution in [3.8, 4) is 29.5 Å². The van der Waals surface area contributed by atoms with E-state index in [4.69, 9.17) is 37.8 Å². The number of nitrogens with zero attached hydrogens (tertiary/aromatic N) is 4. The number of amides is 1. The number of carbonyl (C=O) groups is 1. The van der Waals surface area contributed by atoms with Crippen molar-refractivity contribution in [2.75, 3.05) is 25.6 Å². The minimum Gasteiger partial charge on any atom is -0.435 e. The van der Waals surface area contributed by atoms with Gasteiger partial charge in [-0.25, -0.2) is 0 Å². The second-order valence-corrected chi connectivity index (χ2v) is 6.71. The highest BCUT2D eigenvalue weighted by Crippen LogP contribution is 2.35. The number of aromatic nitrogens is 2. The van der Waals surface area contributed by atoms with Gasteiger partial charge < -0.3 is 25.8 Å². The molecule has 0 aliphatic heterocycles. The van der Waals surface area contributed by atoms with E-state index in [-0.39, 0.29) is 40.1 Å². The van der Waals surface area contributed by atoms with Gasteiger partial charge in [-0.1, -0.05) is 17.7 Å². The molecule has 4 N–H and O–H groups in total. The van der Waals surface area contributed by atoms with E-state index in [0.29, 0.717) is 16.9 Å². The zero-order valence-corrected chi connectivity index (χ0v) is 16.8. The number of ether oxygens (including phenoxy) is 2. The summed E-state index contributed by atoms with van der Waals surface area (Å²) < 4.78 is 11.3. The summed E-state index contributed by atoms with van der Waals surface area (Å²) in [4.78, 5) is 21.7. The van der Waals surface area contributed by atoms with E-state index >= 15 is 0 Å². The fraction of sp³-hybridized carbons (Fsp3) is 0.100. The third-order valence-electron chi connectivity index (χ3n) is 3.88. The summed E-state index contributed by atoms with van der Waals surface area (Å²) in [5.74, 6) is 0.152. The van der Waals surface area contributed by atoms with Gasteiger partial charge in [0.25, 0.3) is 11.8 Å². The molecule has 0 atom stereocenters. The predicted octanol–water partition coefficient (Wildman–Crippen LogP) is 3.45. The van der Waals surface area contributed by atoms with Crippen LogP contribution in [0.1, 0.15) is 15.9 Å². The van der Waals surface area contributed by atoms with Crippen LogP contribution >= 0.6 is 11.6 Å². The molecule has 0 unspecified atom stereocenters. The SMILES string of the molecule is CN(C)C(=O)c1cccc(Oc2nc(N)c(N)c(Oc3cc(C#N)ccc3Cl)n2)c1. The molecule has 0 aliphatic rings. The second-order valence-electron chi connectivity index (χ2n) is 6.30. The van der Waals surface area contributed by atoms with Crippen LogP contribution in [-0.2, 0) is 0 Å². The van der Waals surface area contributed by atoms with Crippen LogP contribution in [0.25, 0.3) is 0 Å². The smallest absolute Gasteiger partial charge is 0.327 e. The zero-order chi connectivity index (χ0) is 21.8. The van der Waals surface area contributed by atoms with Crippen molar-refractivity contribution in [1.82, 2.24) is 14.9 Å². The molecule has 0 saturated carbocycles. The first-order valence-electron chi connectivity index (χ1n) is 8.58. The lowest BCUT2D eigenvalue weighted by molar-refractivity contribution is 0.0827. The molecule has 0 radical (unpaired) electrons. The van der Waals surface area contributed by atoms with Crippen molar-refractivity contribution < 1.29 is 14.3 Å². The van der Waals surface area contributed by atoms with Crippen molar-refractivity contribution in [3.63, 3.8) is 0 Å². The number of anilines is 2. The molecular formula is C20H17ClN6O3. The van der Waals surface area contributed by atoms with Gasteiger partial charge in [-0.3, -0.25) is 4.79 Å². The van der Waals surface area contributed by atoms with Crippen molar-refractivity contribution >= 4 is 29.0 Å². The van der Waals surface area contributed by atoms with E-state index in [0.717, 1.165) is 0 Å². The summed E-state index contributed by atoms with van der Waals surface area (Å²) in [7, 11) is 3.30. The Labute approximate surface area is 177 Å². The maximum atomic E-state index is 12.1. The Balaban J connectivity index is 1.92. The van der Waals surface area contributed by atoms with Crippen LogP contribution in [0, 0.1) is 11.3 Å². The van der Waals surface area contributed by atoms with E-state index in [1.807, 2.05) is 6.07 Å². The van der Waals surface area contributed by atoms with Crippen LogP contribution in [0.3, 0.4) is 0 Å². The van der Waals surface area contributed by atoms with Crippen molar-refractivity contribution in [2.45, 2.75) is 0 Å². The highest BCUT2D eigenvalue weighted by atomic mass is 35.5. The van der Waals surface area contributed by atoms with Crippen LogP contribution in [0.15, 0.2) is 42.5 Å². The molecule has 152 valence electrons. The Morgan fingerprint density at radius 1 is 1.13 bits per heavy atom. The fourth-order valence-corrected chi connectivity index (χ4v) is 2.54. The number of carbonyl (C=O) groups excluding carboxylic acids is 1. The molecule has 0 bridgehead atoms. The van der Waals surface area contributed by atoms with E-state index in [2.05, 4.69) is 9.97 Å². The molecule has 2 aromatic carbocycles. The van der Waals surface area contributed by atoms with Crippen LogP contribution < -0.4 is 20.9 Å². The van der Waals surface area contributed by atoms with Crippen LogP contribution in [0.4, 0.5) is 11.5 Å². The van der Waals surface area contributed by atoms with Crippen LogP contribution in [0.5, 0.6) is 23.4 Å². The number of nitrogens with two attached hydrogens (primary N) is 2. The molecule has 3 rings (SSSR count). The zero-order valence-electron chi connectivity index (χ0n) is 16.1. The molecule has 10 heteroatoms. The maximum Gasteiger partial charge on any atom is 0.327 e. The molecule has 0 saturated heterocycles. The third kappa shape index (κ3) is 4.51. The van der Waals surface area contributed by atoms with Gasteiger partial charge in [-0.05, 0) is 30.3 Å². The topological polar surface area (TPSA) is 140 Å². The van der Waals surface area contributed by atoms with E-state index in [9.17, 15) is 4.79 Å². The van der Waals surface area contributed by atoms with Crippen LogP contribution in [-0.4, -0.2) is 34.9 Å². The summed E-state index contributed by atoms with van der Waals surface area (Å²) in [6.45, 7) is 0. The number of halogens is 1. The van der Waals surface area contributed by atoms with E-state index in [1.54, 1.807) is 44.4 Å². The highest BCUT2D eigenvalue weighted by molar-refractivity contribution is 6.32. The molecule has 0 spiro atoms. The monoisotopic (exact) mass is 424 g/mol. The first kappa shape index (κ1) is 20.7. The molecule has 0 aliphatic carbocycles. The molecule has 9 nitrogen and oxygen atoms in total. The molecule has 0 fully saturated rings. The lowest BCUT2D eigenvalue weighted by Crippen LogP contribution is -2.21. The number of nitriles is 1. The maximum absolute atomic E-state index is 12.1. The quantitative estimate of drug-likeness (QED) is 0.634. The van der Waals surface area contributed by atoms with Gasteiger partial charge in [0.1, 0.15) is 17.2 Å². The number of hydrogen-bond acceptors (Lipinski definition) is 8. The van der Waals surface area contributed by atoms with Gasteiger partial charge in [0, 0.05) is 25.7 Å². The predicted molar refractivity (Wildman–Crippen MR) is 112 cm³/mol. The molecule has 1 aromatic heterocycles. The summed E-state index contributed by atoms with van der Waals surface area (Å²) in [5, 5.41) is 9.31. The fourth-order valence-electron chi connectivity index (χ4n) is 2.38. The lowest BCUT2D eigenvalue weighted by atomic mass is 10.2. The number of nitrogen functional groups attached to an aromatic ring is 2. The van der Waals surface area contributed by atoms with Gasteiger partial charge in [-0.2, -0.15) is 15.2 Å². The molecule has 1 heterocycles.